The third-order valence-corrected chi connectivity index (χ3v) is 5.94. The molecule has 1 unspecified atom stereocenters. The number of hydrogen-bond acceptors (Lipinski definition) is 3. The van der Waals surface area contributed by atoms with Crippen LogP contribution in [0.1, 0.15) is 47.9 Å². The van der Waals surface area contributed by atoms with E-state index < -0.39 is 0 Å². The van der Waals surface area contributed by atoms with Gasteiger partial charge in [0.15, 0.2) is 0 Å². The van der Waals surface area contributed by atoms with Crippen molar-refractivity contribution < 1.29 is 0 Å². The van der Waals surface area contributed by atoms with Gasteiger partial charge in [-0.25, -0.2) is 0 Å². The summed E-state index contributed by atoms with van der Waals surface area (Å²) >= 11 is 0. The Balaban J connectivity index is 1.35. The second kappa shape index (κ2) is 6.40. The molecule has 132 valence electrons. The number of nitrogens with zero attached hydrogens (tertiary/aromatic N) is 2. The van der Waals surface area contributed by atoms with Crippen molar-refractivity contribution in [2.24, 2.45) is 0 Å². The van der Waals surface area contributed by atoms with Gasteiger partial charge in [0.05, 0.1) is 5.69 Å². The maximum Gasteiger partial charge on any atom is 0.0526 e. The summed E-state index contributed by atoms with van der Waals surface area (Å²) < 4.78 is 0. The van der Waals surface area contributed by atoms with Crippen molar-refractivity contribution >= 4 is 16.5 Å². The summed E-state index contributed by atoms with van der Waals surface area (Å²) in [6, 6.07) is 17.4. The molecule has 3 nitrogen and oxygen atoms in total. The molecule has 2 aliphatic rings. The summed E-state index contributed by atoms with van der Waals surface area (Å²) in [5.74, 6) is 1.32. The standard InChI is InChI=1S/C23H25N3/c24-22-6-2-5-21-20(22)9-11-25-23(21)19-10-12-26(15-19)14-16-3-1-4-18(13-16)17-7-8-17/h1-6,9,11,13,17,19H,7-8,10,12,14-15,24H2. The van der Waals surface area contributed by atoms with Crippen LogP contribution in [0.4, 0.5) is 5.69 Å². The molecule has 3 aromatic rings. The molecule has 26 heavy (non-hydrogen) atoms. The van der Waals surface area contributed by atoms with Gasteiger partial charge in [-0.05, 0) is 55.0 Å². The molecular formula is C23H25N3. The van der Waals surface area contributed by atoms with E-state index in [0.29, 0.717) is 5.92 Å². The lowest BCUT2D eigenvalue weighted by atomic mass is 9.98. The number of fused-ring (bicyclic) bond motifs is 1. The minimum atomic E-state index is 0.493. The third-order valence-electron chi connectivity index (χ3n) is 5.94. The molecular weight excluding hydrogens is 318 g/mol. The van der Waals surface area contributed by atoms with Gasteiger partial charge in [-0.15, -0.1) is 0 Å². The molecule has 1 atom stereocenters. The largest absolute Gasteiger partial charge is 0.398 e. The molecule has 0 amide bonds. The summed E-state index contributed by atoms with van der Waals surface area (Å²) in [4.78, 5) is 7.31. The average Bonchev–Trinajstić information content (AvgIpc) is 3.42. The summed E-state index contributed by atoms with van der Waals surface area (Å²) in [5, 5.41) is 2.35. The van der Waals surface area contributed by atoms with E-state index >= 15 is 0 Å². The number of nitrogens with two attached hydrogens (primary N) is 1. The van der Waals surface area contributed by atoms with E-state index in [1.54, 1.807) is 0 Å². The maximum absolute atomic E-state index is 6.16. The van der Waals surface area contributed by atoms with Gasteiger partial charge in [-0.1, -0.05) is 36.4 Å². The van der Waals surface area contributed by atoms with Crippen molar-refractivity contribution in [3.8, 4) is 0 Å². The third kappa shape index (κ3) is 2.97. The normalized spacial score (nSPS) is 20.7. The Morgan fingerprint density at radius 1 is 0.962 bits per heavy atom. The SMILES string of the molecule is Nc1cccc2c(C3CCN(Cc4cccc(C5CC5)c4)C3)nccc12. The second-order valence-electron chi connectivity index (χ2n) is 7.88. The zero-order chi connectivity index (χ0) is 17.5. The molecule has 0 bridgehead atoms. The van der Waals surface area contributed by atoms with E-state index in [0.717, 1.165) is 36.6 Å². The van der Waals surface area contributed by atoms with Crippen LogP contribution in [0.2, 0.25) is 0 Å². The summed E-state index contributed by atoms with van der Waals surface area (Å²) in [5.41, 5.74) is 11.2. The molecule has 1 aliphatic carbocycles. The fourth-order valence-corrected chi connectivity index (χ4v) is 4.40. The van der Waals surface area contributed by atoms with Gasteiger partial charge < -0.3 is 5.73 Å². The van der Waals surface area contributed by atoms with E-state index in [9.17, 15) is 0 Å². The molecule has 2 fully saturated rings. The summed E-state index contributed by atoms with van der Waals surface area (Å²) in [7, 11) is 0. The zero-order valence-electron chi connectivity index (χ0n) is 15.1. The topological polar surface area (TPSA) is 42.1 Å². The molecule has 2 heterocycles. The van der Waals surface area contributed by atoms with Gasteiger partial charge in [0.1, 0.15) is 0 Å². The molecule has 1 saturated carbocycles. The predicted molar refractivity (Wildman–Crippen MR) is 107 cm³/mol. The van der Waals surface area contributed by atoms with Crippen LogP contribution in [-0.2, 0) is 6.54 Å². The van der Waals surface area contributed by atoms with Crippen molar-refractivity contribution in [2.75, 3.05) is 18.8 Å². The molecule has 1 saturated heterocycles. The number of pyridine rings is 1. The first-order valence-corrected chi connectivity index (χ1v) is 9.72. The lowest BCUT2D eigenvalue weighted by molar-refractivity contribution is 0.326. The van der Waals surface area contributed by atoms with Crippen LogP contribution in [0, 0.1) is 0 Å². The Bertz CT molecular complexity index is 945. The quantitative estimate of drug-likeness (QED) is 0.699. The molecule has 5 rings (SSSR count). The van der Waals surface area contributed by atoms with E-state index in [-0.39, 0.29) is 0 Å². The Morgan fingerprint density at radius 3 is 2.73 bits per heavy atom. The van der Waals surface area contributed by atoms with Gasteiger partial charge in [0, 0.05) is 41.7 Å². The highest BCUT2D eigenvalue weighted by atomic mass is 15.1. The minimum absolute atomic E-state index is 0.493. The van der Waals surface area contributed by atoms with Crippen LogP contribution in [0.5, 0.6) is 0 Å². The molecule has 0 radical (unpaired) electrons. The van der Waals surface area contributed by atoms with Gasteiger partial charge >= 0.3 is 0 Å². The lowest BCUT2D eigenvalue weighted by Gasteiger charge is -2.17. The average molecular weight is 343 g/mol. The van der Waals surface area contributed by atoms with Gasteiger partial charge in [0.25, 0.3) is 0 Å². The fraction of sp³-hybridized carbons (Fsp3) is 0.348. The van der Waals surface area contributed by atoms with Crippen molar-refractivity contribution in [1.82, 2.24) is 9.88 Å². The van der Waals surface area contributed by atoms with Crippen LogP contribution in [0.25, 0.3) is 10.8 Å². The highest BCUT2D eigenvalue weighted by molar-refractivity contribution is 5.94. The van der Waals surface area contributed by atoms with Crippen LogP contribution in [-0.4, -0.2) is 23.0 Å². The number of aromatic nitrogens is 1. The fourth-order valence-electron chi connectivity index (χ4n) is 4.40. The smallest absolute Gasteiger partial charge is 0.0526 e. The minimum Gasteiger partial charge on any atom is -0.398 e. The van der Waals surface area contributed by atoms with E-state index in [1.165, 1.54) is 41.5 Å². The van der Waals surface area contributed by atoms with E-state index in [2.05, 4.69) is 35.2 Å². The van der Waals surface area contributed by atoms with Crippen LogP contribution in [0.3, 0.4) is 0 Å². The summed E-state index contributed by atoms with van der Waals surface area (Å²) in [6.45, 7) is 3.26. The lowest BCUT2D eigenvalue weighted by Crippen LogP contribution is -2.20. The number of rotatable bonds is 4. The van der Waals surface area contributed by atoms with Gasteiger partial charge in [0.2, 0.25) is 0 Å². The Kier molecular flexibility index (Phi) is 3.90. The number of nitrogen functional groups attached to an aromatic ring is 1. The zero-order valence-corrected chi connectivity index (χ0v) is 15.1. The monoisotopic (exact) mass is 343 g/mol. The first kappa shape index (κ1) is 15.8. The number of likely N-dealkylation sites (tertiary alicyclic amines) is 1. The van der Waals surface area contributed by atoms with Crippen molar-refractivity contribution in [1.29, 1.82) is 0 Å². The number of hydrogen-bond donors (Lipinski definition) is 1. The Labute approximate surface area is 154 Å². The molecule has 0 spiro atoms. The van der Waals surface area contributed by atoms with Crippen LogP contribution >= 0.6 is 0 Å². The van der Waals surface area contributed by atoms with Crippen molar-refractivity contribution in [3.63, 3.8) is 0 Å². The first-order chi connectivity index (χ1) is 12.8. The molecule has 1 aliphatic heterocycles. The van der Waals surface area contributed by atoms with E-state index in [4.69, 9.17) is 10.7 Å². The van der Waals surface area contributed by atoms with Crippen LogP contribution < -0.4 is 5.73 Å². The van der Waals surface area contributed by atoms with Crippen molar-refractivity contribution in [3.05, 3.63) is 71.5 Å². The molecule has 2 aromatic carbocycles. The highest BCUT2D eigenvalue weighted by Gasteiger charge is 2.27. The highest BCUT2D eigenvalue weighted by Crippen LogP contribution is 2.40. The maximum atomic E-state index is 6.16. The first-order valence-electron chi connectivity index (χ1n) is 9.72. The molecule has 3 heteroatoms. The van der Waals surface area contributed by atoms with Crippen molar-refractivity contribution in [2.45, 2.75) is 37.6 Å². The Morgan fingerprint density at radius 2 is 1.85 bits per heavy atom. The molecule has 1 aromatic heterocycles. The number of benzene rings is 2. The molecule has 2 N–H and O–H groups in total. The summed E-state index contributed by atoms with van der Waals surface area (Å²) in [6.07, 6.45) is 5.81. The van der Waals surface area contributed by atoms with E-state index in [1.807, 2.05) is 24.4 Å². The Hall–Kier alpha value is -2.39. The van der Waals surface area contributed by atoms with Gasteiger partial charge in [-0.2, -0.15) is 0 Å². The number of anilines is 1. The second-order valence-corrected chi connectivity index (χ2v) is 7.88. The van der Waals surface area contributed by atoms with Crippen LogP contribution in [0.15, 0.2) is 54.7 Å². The predicted octanol–water partition coefficient (Wildman–Crippen LogP) is 4.68. The van der Waals surface area contributed by atoms with Gasteiger partial charge in [-0.3, -0.25) is 9.88 Å².